The van der Waals surface area contributed by atoms with Crippen LogP contribution in [0.15, 0.2) is 66.7 Å². The fraction of sp³-hybridized carbons (Fsp3) is 0.143. The number of ether oxygens (including phenoxy) is 1. The van der Waals surface area contributed by atoms with Gasteiger partial charge >= 0.3 is 0 Å². The lowest BCUT2D eigenvalue weighted by atomic mass is 10.1. The van der Waals surface area contributed by atoms with Gasteiger partial charge in [-0.15, -0.1) is 0 Å². The van der Waals surface area contributed by atoms with Crippen molar-refractivity contribution in [1.82, 2.24) is 0 Å². The Bertz CT molecular complexity index is 916. The summed E-state index contributed by atoms with van der Waals surface area (Å²) in [7, 11) is 1.73. The summed E-state index contributed by atoms with van der Waals surface area (Å²) in [6.45, 7) is 1.45. The Balaban J connectivity index is 1.66. The number of amides is 1. The third-order valence-electron chi connectivity index (χ3n) is 4.12. The first-order chi connectivity index (χ1) is 12.0. The first kappa shape index (κ1) is 16.7. The van der Waals surface area contributed by atoms with Crippen LogP contribution < -0.4 is 9.64 Å². The van der Waals surface area contributed by atoms with Crippen molar-refractivity contribution in [2.75, 3.05) is 18.6 Å². The van der Waals surface area contributed by atoms with E-state index in [2.05, 4.69) is 0 Å². The van der Waals surface area contributed by atoms with Gasteiger partial charge in [0.05, 0.1) is 0 Å². The lowest BCUT2D eigenvalue weighted by Crippen LogP contribution is -2.31. The summed E-state index contributed by atoms with van der Waals surface area (Å²) >= 11 is 0. The number of likely N-dealkylation sites (N-methyl/N-ethyl adjacent to an activating group) is 1. The third kappa shape index (κ3) is 3.86. The molecule has 0 spiro atoms. The second kappa shape index (κ2) is 7.18. The number of Topliss-reactive ketones (excluding diaryl/α,β-unsaturated/α-hetero) is 1. The molecule has 0 radical (unpaired) electrons. The third-order valence-corrected chi connectivity index (χ3v) is 4.12. The average Bonchev–Trinajstić information content (AvgIpc) is 2.65. The Morgan fingerprint density at radius 1 is 0.920 bits per heavy atom. The number of fused-ring (bicyclic) bond motifs is 1. The number of carbonyl (C=O) groups is 2. The van der Waals surface area contributed by atoms with Gasteiger partial charge in [0.15, 0.2) is 12.4 Å². The molecule has 0 aromatic heterocycles. The molecule has 126 valence electrons. The molecule has 0 heterocycles. The second-order valence-electron chi connectivity index (χ2n) is 5.85. The van der Waals surface area contributed by atoms with Crippen LogP contribution in [0, 0.1) is 0 Å². The molecule has 0 N–H and O–H groups in total. The first-order valence-electron chi connectivity index (χ1n) is 8.04. The summed E-state index contributed by atoms with van der Waals surface area (Å²) < 4.78 is 5.53. The van der Waals surface area contributed by atoms with Crippen molar-refractivity contribution >= 4 is 28.2 Å². The Morgan fingerprint density at radius 2 is 1.60 bits per heavy atom. The maximum atomic E-state index is 12.4. The van der Waals surface area contributed by atoms with Crippen LogP contribution in [0.2, 0.25) is 0 Å². The van der Waals surface area contributed by atoms with E-state index in [1.54, 1.807) is 36.2 Å². The molecule has 0 saturated heterocycles. The molecule has 3 aromatic rings. The van der Waals surface area contributed by atoms with Crippen molar-refractivity contribution < 1.29 is 14.3 Å². The van der Waals surface area contributed by atoms with E-state index >= 15 is 0 Å². The Kier molecular flexibility index (Phi) is 4.80. The Morgan fingerprint density at radius 3 is 2.28 bits per heavy atom. The molecule has 0 atom stereocenters. The van der Waals surface area contributed by atoms with Gasteiger partial charge in [-0.05, 0) is 54.1 Å². The van der Waals surface area contributed by atoms with Gasteiger partial charge in [0.2, 0.25) is 0 Å². The Hall–Kier alpha value is -3.14. The highest BCUT2D eigenvalue weighted by Gasteiger charge is 2.12. The standard InChI is InChI=1S/C21H19NO3/c1-15(23)16-8-11-20(12-9-16)25-14-21(24)22(2)19-10-7-17-5-3-4-6-18(17)13-19/h3-13H,14H2,1-2H3. The minimum Gasteiger partial charge on any atom is -0.484 e. The van der Waals surface area contributed by atoms with Crippen molar-refractivity contribution in [2.24, 2.45) is 0 Å². The van der Waals surface area contributed by atoms with Crippen LogP contribution in [0.4, 0.5) is 5.69 Å². The molecule has 0 aliphatic heterocycles. The summed E-state index contributed by atoms with van der Waals surface area (Å²) in [6.07, 6.45) is 0. The van der Waals surface area contributed by atoms with Gasteiger partial charge in [-0.1, -0.05) is 30.3 Å². The van der Waals surface area contributed by atoms with Crippen LogP contribution >= 0.6 is 0 Å². The van der Waals surface area contributed by atoms with Gasteiger partial charge in [0.25, 0.3) is 5.91 Å². The summed E-state index contributed by atoms with van der Waals surface area (Å²) in [5.41, 5.74) is 1.44. The number of hydrogen-bond acceptors (Lipinski definition) is 3. The van der Waals surface area contributed by atoms with Crippen LogP contribution in [0.1, 0.15) is 17.3 Å². The minimum absolute atomic E-state index is 0.00124. The highest BCUT2D eigenvalue weighted by atomic mass is 16.5. The predicted octanol–water partition coefficient (Wildman–Crippen LogP) is 4.08. The molecule has 4 heteroatoms. The second-order valence-corrected chi connectivity index (χ2v) is 5.85. The normalized spacial score (nSPS) is 10.5. The van der Waals surface area contributed by atoms with Gasteiger partial charge < -0.3 is 9.64 Å². The van der Waals surface area contributed by atoms with Gasteiger partial charge in [0, 0.05) is 18.3 Å². The molecule has 0 unspecified atom stereocenters. The van der Waals surface area contributed by atoms with Gasteiger partial charge in [-0.3, -0.25) is 9.59 Å². The van der Waals surface area contributed by atoms with Crippen LogP contribution in [0.5, 0.6) is 5.75 Å². The molecule has 25 heavy (non-hydrogen) atoms. The summed E-state index contributed by atoms with van der Waals surface area (Å²) in [5.74, 6) is 0.412. The molecular formula is C21H19NO3. The van der Waals surface area contributed by atoms with Crippen molar-refractivity contribution in [2.45, 2.75) is 6.92 Å². The lowest BCUT2D eigenvalue weighted by molar-refractivity contribution is -0.120. The maximum absolute atomic E-state index is 12.4. The van der Waals surface area contributed by atoms with Crippen LogP contribution in [-0.2, 0) is 4.79 Å². The molecule has 4 nitrogen and oxygen atoms in total. The number of nitrogens with zero attached hydrogens (tertiary/aromatic N) is 1. The van der Waals surface area contributed by atoms with Crippen molar-refractivity contribution in [1.29, 1.82) is 0 Å². The van der Waals surface area contributed by atoms with Gasteiger partial charge in [-0.25, -0.2) is 0 Å². The first-order valence-corrected chi connectivity index (χ1v) is 8.04. The molecule has 3 aromatic carbocycles. The molecule has 1 amide bonds. The number of carbonyl (C=O) groups excluding carboxylic acids is 2. The fourth-order valence-corrected chi connectivity index (χ4v) is 2.56. The fourth-order valence-electron chi connectivity index (χ4n) is 2.56. The van der Waals surface area contributed by atoms with E-state index in [4.69, 9.17) is 4.74 Å². The molecule has 3 rings (SSSR count). The van der Waals surface area contributed by atoms with Crippen LogP contribution in [-0.4, -0.2) is 25.3 Å². The smallest absolute Gasteiger partial charge is 0.264 e. The lowest BCUT2D eigenvalue weighted by Gasteiger charge is -2.18. The number of ketones is 1. The van der Waals surface area contributed by atoms with E-state index in [0.717, 1.165) is 16.5 Å². The molecule has 0 bridgehead atoms. The van der Waals surface area contributed by atoms with Gasteiger partial charge in [-0.2, -0.15) is 0 Å². The predicted molar refractivity (Wildman–Crippen MR) is 99.3 cm³/mol. The van der Waals surface area contributed by atoms with Gasteiger partial charge in [0.1, 0.15) is 5.75 Å². The SMILES string of the molecule is CC(=O)c1ccc(OCC(=O)N(C)c2ccc3ccccc3c2)cc1. The summed E-state index contributed by atoms with van der Waals surface area (Å²) in [5, 5.41) is 2.22. The maximum Gasteiger partial charge on any atom is 0.264 e. The van der Waals surface area contributed by atoms with Crippen molar-refractivity contribution in [3.05, 3.63) is 72.3 Å². The Labute approximate surface area is 146 Å². The summed E-state index contributed by atoms with van der Waals surface area (Å²) in [6, 6.07) is 20.7. The van der Waals surface area contributed by atoms with E-state index in [-0.39, 0.29) is 18.3 Å². The van der Waals surface area contributed by atoms with E-state index in [9.17, 15) is 9.59 Å². The number of hydrogen-bond donors (Lipinski definition) is 0. The topological polar surface area (TPSA) is 46.6 Å². The van der Waals surface area contributed by atoms with E-state index < -0.39 is 0 Å². The zero-order chi connectivity index (χ0) is 17.8. The van der Waals surface area contributed by atoms with Crippen LogP contribution in [0.3, 0.4) is 0 Å². The summed E-state index contributed by atoms with van der Waals surface area (Å²) in [4.78, 5) is 25.2. The molecule has 0 saturated carbocycles. The van der Waals surface area contributed by atoms with E-state index in [1.165, 1.54) is 6.92 Å². The molecular weight excluding hydrogens is 314 g/mol. The minimum atomic E-state index is -0.147. The van der Waals surface area contributed by atoms with Crippen LogP contribution in [0.25, 0.3) is 10.8 Å². The highest BCUT2D eigenvalue weighted by molar-refractivity contribution is 5.97. The average molecular weight is 333 g/mol. The molecule has 0 fully saturated rings. The number of rotatable bonds is 5. The molecule has 0 aliphatic carbocycles. The van der Waals surface area contributed by atoms with E-state index in [1.807, 2.05) is 42.5 Å². The highest BCUT2D eigenvalue weighted by Crippen LogP contribution is 2.21. The molecule has 0 aliphatic rings. The van der Waals surface area contributed by atoms with Crippen molar-refractivity contribution in [3.8, 4) is 5.75 Å². The zero-order valence-electron chi connectivity index (χ0n) is 14.2. The monoisotopic (exact) mass is 333 g/mol. The van der Waals surface area contributed by atoms with Crippen molar-refractivity contribution in [3.63, 3.8) is 0 Å². The largest absolute Gasteiger partial charge is 0.484 e. The quantitative estimate of drug-likeness (QED) is 0.661. The zero-order valence-corrected chi connectivity index (χ0v) is 14.2. The van der Waals surface area contributed by atoms with E-state index in [0.29, 0.717) is 11.3 Å². The number of anilines is 1. The number of benzene rings is 3.